The molecule has 0 aliphatic heterocycles. The molecule has 0 saturated carbocycles. The van der Waals surface area contributed by atoms with Gasteiger partial charge in [0.25, 0.3) is 0 Å². The second-order valence-electron chi connectivity index (χ2n) is 7.31. The quantitative estimate of drug-likeness (QED) is 0.326. The van der Waals surface area contributed by atoms with Gasteiger partial charge >= 0.3 is 0 Å². The second-order valence-corrected chi connectivity index (χ2v) is 7.31. The fourth-order valence-corrected chi connectivity index (χ4v) is 4.13. The topological polar surface area (TPSA) is 43.6 Å². The Morgan fingerprint density at radius 2 is 0.968 bits per heavy atom. The van der Waals surface area contributed by atoms with Gasteiger partial charge in [-0.2, -0.15) is 0 Å². The van der Waals surface area contributed by atoms with Gasteiger partial charge in [-0.15, -0.1) is 5.10 Å². The van der Waals surface area contributed by atoms with E-state index in [2.05, 4.69) is 88.3 Å². The van der Waals surface area contributed by atoms with Gasteiger partial charge in [0.15, 0.2) is 0 Å². The van der Waals surface area contributed by atoms with Crippen LogP contribution in [-0.4, -0.2) is 27.5 Å². The molecule has 0 aliphatic rings. The summed E-state index contributed by atoms with van der Waals surface area (Å²) in [5.74, 6) is 0. The van der Waals surface area contributed by atoms with Crippen LogP contribution in [0, 0.1) is 0 Å². The van der Waals surface area contributed by atoms with Gasteiger partial charge in [-0.05, 0) is 27.1 Å². The van der Waals surface area contributed by atoms with Gasteiger partial charge < -0.3 is 0 Å². The fraction of sp³-hybridized carbons (Fsp3) is 0.0385. The zero-order chi connectivity index (χ0) is 20.9. The van der Waals surface area contributed by atoms with Crippen molar-refractivity contribution in [1.29, 1.82) is 0 Å². The molecule has 1 aromatic heterocycles. The van der Waals surface area contributed by atoms with Crippen molar-refractivity contribution in [3.05, 3.63) is 138 Å². The minimum atomic E-state index is -0.728. The molecule has 0 fully saturated rings. The molecular formula is C26H20BN4. The van der Waals surface area contributed by atoms with Crippen LogP contribution in [-0.2, 0) is 5.54 Å². The Morgan fingerprint density at radius 1 is 0.548 bits per heavy atom. The van der Waals surface area contributed by atoms with E-state index in [1.165, 1.54) is 0 Å². The Hall–Kier alpha value is -3.99. The summed E-state index contributed by atoms with van der Waals surface area (Å²) in [7, 11) is 2.02. The van der Waals surface area contributed by atoms with Gasteiger partial charge in [0.1, 0.15) is 11.3 Å². The van der Waals surface area contributed by atoms with Gasteiger partial charge in [-0.25, -0.2) is 4.68 Å². The maximum atomic E-state index is 4.54. The van der Waals surface area contributed by atoms with E-state index in [-0.39, 0.29) is 0 Å². The van der Waals surface area contributed by atoms with Crippen LogP contribution in [0.3, 0.4) is 0 Å². The third-order valence-electron chi connectivity index (χ3n) is 5.48. The minimum absolute atomic E-state index is 0.683. The van der Waals surface area contributed by atoms with Crippen LogP contribution in [0.5, 0.6) is 0 Å². The molecule has 0 spiro atoms. The third kappa shape index (κ3) is 3.44. The van der Waals surface area contributed by atoms with Crippen molar-refractivity contribution >= 4 is 18.5 Å². The molecule has 1 heterocycles. The van der Waals surface area contributed by atoms with Crippen LogP contribution < -0.4 is 11.2 Å². The van der Waals surface area contributed by atoms with Crippen molar-refractivity contribution in [2.24, 2.45) is 0 Å². The number of tetrazole rings is 1. The first-order valence-corrected chi connectivity index (χ1v) is 10.2. The van der Waals surface area contributed by atoms with Gasteiger partial charge in [0, 0.05) is 0 Å². The van der Waals surface area contributed by atoms with Crippen LogP contribution in [0.2, 0.25) is 0 Å². The highest BCUT2D eigenvalue weighted by Gasteiger charge is 2.41. The first-order chi connectivity index (χ1) is 15.4. The molecule has 4 nitrogen and oxygen atoms in total. The summed E-state index contributed by atoms with van der Waals surface area (Å²) >= 11 is 0. The molecule has 0 saturated heterocycles. The average Bonchev–Trinajstić information content (AvgIpc) is 3.31. The number of benzene rings is 4. The standard InChI is InChI=1S/C26H20BN4/c1-5-13-21(14-6-1)26(22-15-7-2-8-16-22,23-17-9-3-10-18-23)31-25(28-29-30-31)27-24-19-11-4-12-20-24/h1-20H. The highest BCUT2D eigenvalue weighted by molar-refractivity contribution is 6.65. The fourth-order valence-electron chi connectivity index (χ4n) is 4.13. The largest absolute Gasteiger partial charge is 0.245 e. The number of hydrogen-bond donors (Lipinski definition) is 0. The summed E-state index contributed by atoms with van der Waals surface area (Å²) in [5, 5.41) is 13.0. The highest BCUT2D eigenvalue weighted by Crippen LogP contribution is 2.39. The van der Waals surface area contributed by atoms with Crippen LogP contribution in [0.15, 0.2) is 121 Å². The first-order valence-electron chi connectivity index (χ1n) is 10.2. The van der Waals surface area contributed by atoms with Crippen LogP contribution in [0.25, 0.3) is 0 Å². The predicted octanol–water partition coefficient (Wildman–Crippen LogP) is 3.17. The van der Waals surface area contributed by atoms with E-state index in [1.54, 1.807) is 0 Å². The minimum Gasteiger partial charge on any atom is -0.220 e. The van der Waals surface area contributed by atoms with E-state index >= 15 is 0 Å². The maximum Gasteiger partial charge on any atom is 0.245 e. The lowest BCUT2D eigenvalue weighted by Gasteiger charge is -2.36. The molecule has 4 aromatic carbocycles. The zero-order valence-corrected chi connectivity index (χ0v) is 16.9. The third-order valence-corrected chi connectivity index (χ3v) is 5.48. The van der Waals surface area contributed by atoms with Crippen LogP contribution in [0.1, 0.15) is 16.7 Å². The van der Waals surface area contributed by atoms with E-state index in [1.807, 2.05) is 60.5 Å². The van der Waals surface area contributed by atoms with Gasteiger partial charge in [-0.1, -0.05) is 127 Å². The molecule has 0 bridgehead atoms. The van der Waals surface area contributed by atoms with Crippen molar-refractivity contribution in [3.8, 4) is 0 Å². The Bertz CT molecular complexity index is 1140. The highest BCUT2D eigenvalue weighted by atomic mass is 15.6. The summed E-state index contributed by atoms with van der Waals surface area (Å²) < 4.78 is 1.93. The molecule has 0 N–H and O–H groups in total. The molecule has 5 rings (SSSR count). The molecule has 0 unspecified atom stereocenters. The molecule has 0 atom stereocenters. The molecular weight excluding hydrogens is 379 g/mol. The van der Waals surface area contributed by atoms with E-state index in [4.69, 9.17) is 0 Å². The molecule has 5 heteroatoms. The number of nitrogens with zero attached hydrogens (tertiary/aromatic N) is 4. The average molecular weight is 399 g/mol. The monoisotopic (exact) mass is 399 g/mol. The summed E-state index contributed by atoms with van der Waals surface area (Å²) in [6.07, 6.45) is 0. The lowest BCUT2D eigenvalue weighted by Crippen LogP contribution is -2.48. The van der Waals surface area contributed by atoms with Gasteiger partial charge in [0.05, 0.1) is 0 Å². The Morgan fingerprint density at radius 3 is 1.42 bits per heavy atom. The maximum absolute atomic E-state index is 4.54. The second kappa shape index (κ2) is 8.40. The molecule has 147 valence electrons. The SMILES string of the molecule is [B](c1ccccc1)c1nnnn1C(c1ccccc1)(c1ccccc1)c1ccccc1. The van der Waals surface area contributed by atoms with Crippen molar-refractivity contribution in [2.45, 2.75) is 5.54 Å². The number of hydrogen-bond acceptors (Lipinski definition) is 3. The molecule has 31 heavy (non-hydrogen) atoms. The first kappa shape index (κ1) is 19.0. The summed E-state index contributed by atoms with van der Waals surface area (Å²) in [6, 6.07) is 41.3. The predicted molar refractivity (Wildman–Crippen MR) is 124 cm³/mol. The zero-order valence-electron chi connectivity index (χ0n) is 16.9. The van der Waals surface area contributed by atoms with Crippen LogP contribution >= 0.6 is 0 Å². The summed E-state index contributed by atoms with van der Waals surface area (Å²) in [6.45, 7) is 0. The lowest BCUT2D eigenvalue weighted by atomic mass is 9.68. The van der Waals surface area contributed by atoms with E-state index < -0.39 is 5.54 Å². The normalized spacial score (nSPS) is 11.2. The summed E-state index contributed by atoms with van der Waals surface area (Å²) in [4.78, 5) is 0. The van der Waals surface area contributed by atoms with E-state index in [0.29, 0.717) is 5.72 Å². The van der Waals surface area contributed by atoms with Crippen molar-refractivity contribution in [3.63, 3.8) is 0 Å². The Labute approximate surface area is 182 Å². The summed E-state index contributed by atoms with van der Waals surface area (Å²) in [5.41, 5.74) is 4.25. The smallest absolute Gasteiger partial charge is 0.220 e. The Balaban J connectivity index is 1.81. The van der Waals surface area contributed by atoms with Crippen molar-refractivity contribution < 1.29 is 0 Å². The molecule has 0 amide bonds. The number of aromatic nitrogens is 4. The van der Waals surface area contributed by atoms with E-state index in [9.17, 15) is 0 Å². The molecule has 0 aliphatic carbocycles. The van der Waals surface area contributed by atoms with Crippen molar-refractivity contribution in [2.75, 3.05) is 0 Å². The lowest BCUT2D eigenvalue weighted by molar-refractivity contribution is 0.456. The van der Waals surface area contributed by atoms with Crippen LogP contribution in [0.4, 0.5) is 0 Å². The molecule has 5 aromatic rings. The van der Waals surface area contributed by atoms with Gasteiger partial charge in [0.2, 0.25) is 7.28 Å². The molecule has 1 radical (unpaired) electrons. The van der Waals surface area contributed by atoms with Gasteiger partial charge in [-0.3, -0.25) is 0 Å². The van der Waals surface area contributed by atoms with Crippen molar-refractivity contribution in [1.82, 2.24) is 20.2 Å². The number of rotatable bonds is 6. The Kier molecular flexibility index (Phi) is 5.15. The van der Waals surface area contributed by atoms with E-state index in [0.717, 1.165) is 22.2 Å².